The number of hydrogen-bond donors (Lipinski definition) is 1. The molecule has 5 heteroatoms. The number of nitrogens with one attached hydrogen (secondary N) is 1. The summed E-state index contributed by atoms with van der Waals surface area (Å²) in [4.78, 5) is 24.1. The van der Waals surface area contributed by atoms with Gasteiger partial charge in [-0.1, -0.05) is 38.0 Å². The van der Waals surface area contributed by atoms with Gasteiger partial charge in [0.25, 0.3) is 5.91 Å². The number of esters is 1. The van der Waals surface area contributed by atoms with Gasteiger partial charge in [0.1, 0.15) is 5.75 Å². The first kappa shape index (κ1) is 18.3. The van der Waals surface area contributed by atoms with Gasteiger partial charge in [0.15, 0.2) is 12.7 Å². The molecule has 1 aromatic rings. The Morgan fingerprint density at radius 2 is 1.96 bits per heavy atom. The first-order valence-electron chi connectivity index (χ1n) is 8.65. The van der Waals surface area contributed by atoms with Crippen LogP contribution in [-0.4, -0.2) is 30.6 Å². The monoisotopic (exact) mass is 333 g/mol. The maximum Gasteiger partial charge on any atom is 0.344 e. The Kier molecular flexibility index (Phi) is 6.64. The number of benzene rings is 1. The van der Waals surface area contributed by atoms with Crippen LogP contribution in [-0.2, 0) is 14.3 Å². The first-order valence-corrected chi connectivity index (χ1v) is 8.65. The molecule has 0 heterocycles. The quantitative estimate of drug-likeness (QED) is 0.813. The van der Waals surface area contributed by atoms with Gasteiger partial charge in [-0.3, -0.25) is 4.79 Å². The van der Waals surface area contributed by atoms with Gasteiger partial charge >= 0.3 is 5.97 Å². The zero-order valence-corrected chi connectivity index (χ0v) is 14.7. The van der Waals surface area contributed by atoms with E-state index >= 15 is 0 Å². The van der Waals surface area contributed by atoms with Crippen LogP contribution in [0.2, 0.25) is 0 Å². The summed E-state index contributed by atoms with van der Waals surface area (Å²) in [6.45, 7) is 5.44. The Morgan fingerprint density at radius 1 is 1.25 bits per heavy atom. The lowest BCUT2D eigenvalue weighted by Crippen LogP contribution is -2.46. The Labute approximate surface area is 143 Å². The van der Waals surface area contributed by atoms with Gasteiger partial charge in [-0.05, 0) is 44.2 Å². The van der Waals surface area contributed by atoms with Crippen molar-refractivity contribution in [1.29, 1.82) is 0 Å². The van der Waals surface area contributed by atoms with Crippen LogP contribution in [0.25, 0.3) is 0 Å². The summed E-state index contributed by atoms with van der Waals surface area (Å²) in [6, 6.07) is 7.62. The summed E-state index contributed by atoms with van der Waals surface area (Å²) in [5, 5.41) is 3.00. The summed E-state index contributed by atoms with van der Waals surface area (Å²) in [7, 11) is 0. The van der Waals surface area contributed by atoms with E-state index in [2.05, 4.69) is 12.2 Å². The fourth-order valence-corrected chi connectivity index (χ4v) is 2.97. The predicted octanol–water partition coefficient (Wildman–Crippen LogP) is 3.00. The smallest absolute Gasteiger partial charge is 0.344 e. The topological polar surface area (TPSA) is 64.6 Å². The van der Waals surface area contributed by atoms with Gasteiger partial charge in [0, 0.05) is 6.04 Å². The van der Waals surface area contributed by atoms with Crippen LogP contribution < -0.4 is 10.1 Å². The van der Waals surface area contributed by atoms with Crippen LogP contribution >= 0.6 is 0 Å². The zero-order chi connectivity index (χ0) is 17.5. The fourth-order valence-electron chi connectivity index (χ4n) is 2.97. The minimum atomic E-state index is -0.813. The van der Waals surface area contributed by atoms with Gasteiger partial charge in [-0.25, -0.2) is 4.79 Å². The summed E-state index contributed by atoms with van der Waals surface area (Å²) >= 11 is 0. The molecule has 1 fully saturated rings. The summed E-state index contributed by atoms with van der Waals surface area (Å²) in [5.41, 5.74) is 0.947. The van der Waals surface area contributed by atoms with E-state index in [1.165, 1.54) is 6.42 Å². The molecule has 0 saturated heterocycles. The van der Waals surface area contributed by atoms with Crippen molar-refractivity contribution in [3.05, 3.63) is 29.8 Å². The number of carbonyl (C=O) groups excluding carboxylic acids is 2. The highest BCUT2D eigenvalue weighted by Crippen LogP contribution is 2.23. The van der Waals surface area contributed by atoms with Crippen LogP contribution in [0.1, 0.15) is 45.1 Å². The molecule has 0 radical (unpaired) electrons. The molecule has 0 bridgehead atoms. The van der Waals surface area contributed by atoms with Crippen molar-refractivity contribution in [2.45, 2.75) is 58.6 Å². The minimum absolute atomic E-state index is 0.177. The lowest BCUT2D eigenvalue weighted by atomic mass is 9.86. The molecule has 0 unspecified atom stereocenters. The lowest BCUT2D eigenvalue weighted by Gasteiger charge is -2.30. The molecule has 1 aromatic carbocycles. The van der Waals surface area contributed by atoms with Gasteiger partial charge in [0.2, 0.25) is 0 Å². The van der Waals surface area contributed by atoms with E-state index in [1.54, 1.807) is 13.0 Å². The van der Waals surface area contributed by atoms with Crippen molar-refractivity contribution < 1.29 is 19.1 Å². The zero-order valence-electron chi connectivity index (χ0n) is 14.7. The number of amides is 1. The predicted molar refractivity (Wildman–Crippen MR) is 91.8 cm³/mol. The molecule has 24 heavy (non-hydrogen) atoms. The SMILES string of the molecule is Cc1ccccc1OCC(=O)O[C@H](C)C(=O)N[C@@H]1CCCC[C@H]1C. The molecule has 132 valence electrons. The molecule has 1 amide bonds. The van der Waals surface area contributed by atoms with Crippen LogP contribution in [0.15, 0.2) is 24.3 Å². The molecule has 3 atom stereocenters. The van der Waals surface area contributed by atoms with E-state index in [0.717, 1.165) is 24.8 Å². The van der Waals surface area contributed by atoms with Crippen LogP contribution in [0.5, 0.6) is 5.75 Å². The highest BCUT2D eigenvalue weighted by molar-refractivity contribution is 5.83. The molecule has 0 aromatic heterocycles. The summed E-state index contributed by atoms with van der Waals surface area (Å²) in [6.07, 6.45) is 3.65. The molecule has 1 N–H and O–H groups in total. The maximum absolute atomic E-state index is 12.2. The lowest BCUT2D eigenvalue weighted by molar-refractivity contribution is -0.157. The first-order chi connectivity index (χ1) is 11.5. The third kappa shape index (κ3) is 5.25. The highest BCUT2D eigenvalue weighted by Gasteiger charge is 2.26. The average Bonchev–Trinajstić information content (AvgIpc) is 2.56. The Balaban J connectivity index is 1.76. The fraction of sp³-hybridized carbons (Fsp3) is 0.579. The molecule has 2 rings (SSSR count). The van der Waals surface area contributed by atoms with Crippen LogP contribution in [0, 0.1) is 12.8 Å². The van der Waals surface area contributed by atoms with E-state index < -0.39 is 12.1 Å². The third-order valence-electron chi connectivity index (χ3n) is 4.56. The van der Waals surface area contributed by atoms with Crippen LogP contribution in [0.3, 0.4) is 0 Å². The van der Waals surface area contributed by atoms with Gasteiger partial charge in [0.05, 0.1) is 0 Å². The second kappa shape index (κ2) is 8.71. The summed E-state index contributed by atoms with van der Waals surface area (Å²) in [5.74, 6) is 0.327. The van der Waals surface area contributed by atoms with Crippen molar-refractivity contribution in [2.24, 2.45) is 5.92 Å². The van der Waals surface area contributed by atoms with E-state index in [0.29, 0.717) is 11.7 Å². The number of hydrogen-bond acceptors (Lipinski definition) is 4. The van der Waals surface area contributed by atoms with Crippen molar-refractivity contribution in [2.75, 3.05) is 6.61 Å². The number of ether oxygens (including phenoxy) is 2. The standard InChI is InChI=1S/C19H27NO4/c1-13-8-4-6-10-16(13)20-19(22)15(3)24-18(21)12-23-17-11-7-5-9-14(17)2/h5,7,9,11,13,15-16H,4,6,8,10,12H2,1-3H3,(H,20,22)/t13-,15-,16-/m1/s1. The molecule has 0 spiro atoms. The van der Waals surface area contributed by atoms with Gasteiger partial charge < -0.3 is 14.8 Å². The Morgan fingerprint density at radius 3 is 2.67 bits per heavy atom. The van der Waals surface area contributed by atoms with Crippen molar-refractivity contribution in [1.82, 2.24) is 5.32 Å². The van der Waals surface area contributed by atoms with E-state index in [4.69, 9.17) is 9.47 Å². The third-order valence-corrected chi connectivity index (χ3v) is 4.56. The Hall–Kier alpha value is -2.04. The molecule has 1 aliphatic carbocycles. The highest BCUT2D eigenvalue weighted by atomic mass is 16.6. The number of carbonyl (C=O) groups is 2. The average molecular weight is 333 g/mol. The molecule has 0 aliphatic heterocycles. The minimum Gasteiger partial charge on any atom is -0.482 e. The normalized spacial score (nSPS) is 21.6. The van der Waals surface area contributed by atoms with Crippen molar-refractivity contribution >= 4 is 11.9 Å². The van der Waals surface area contributed by atoms with Gasteiger partial charge in [-0.15, -0.1) is 0 Å². The van der Waals surface area contributed by atoms with Crippen molar-refractivity contribution in [3.8, 4) is 5.75 Å². The maximum atomic E-state index is 12.2. The summed E-state index contributed by atoms with van der Waals surface area (Å²) < 4.78 is 10.6. The van der Waals surface area contributed by atoms with E-state index in [-0.39, 0.29) is 18.6 Å². The van der Waals surface area contributed by atoms with Crippen LogP contribution in [0.4, 0.5) is 0 Å². The van der Waals surface area contributed by atoms with Gasteiger partial charge in [-0.2, -0.15) is 0 Å². The molecular weight excluding hydrogens is 306 g/mol. The molecular formula is C19H27NO4. The number of rotatable bonds is 6. The van der Waals surface area contributed by atoms with Crippen molar-refractivity contribution in [3.63, 3.8) is 0 Å². The Bertz CT molecular complexity index is 572. The molecule has 1 aliphatic rings. The number of para-hydroxylation sites is 1. The second-order valence-electron chi connectivity index (χ2n) is 6.56. The second-order valence-corrected chi connectivity index (χ2v) is 6.56. The van der Waals surface area contributed by atoms with E-state index in [9.17, 15) is 9.59 Å². The van der Waals surface area contributed by atoms with E-state index in [1.807, 2.05) is 25.1 Å². The number of aryl methyl sites for hydroxylation is 1. The molecule has 1 saturated carbocycles. The molecule has 5 nitrogen and oxygen atoms in total. The largest absolute Gasteiger partial charge is 0.482 e.